The summed E-state index contributed by atoms with van der Waals surface area (Å²) in [6.45, 7) is 3.59. The molecular formula is C17H20Cl3FN4O. The molecule has 142 valence electrons. The number of amides is 1. The molecule has 0 radical (unpaired) electrons. The van der Waals surface area contributed by atoms with E-state index in [1.807, 2.05) is 10.9 Å². The Bertz CT molecular complexity index is 777. The Morgan fingerprint density at radius 2 is 2.19 bits per heavy atom. The molecule has 3 rings (SSSR count). The zero-order valence-corrected chi connectivity index (χ0v) is 16.5. The summed E-state index contributed by atoms with van der Waals surface area (Å²) >= 11 is 11.8. The minimum atomic E-state index is -0.573. The number of hydrogen-bond acceptors (Lipinski definition) is 3. The SMILES string of the molecule is CC(NC(=O)c1ccn(C2CCCNC2)n1)c1cc(F)c(Cl)cc1Cl.Cl. The molecule has 26 heavy (non-hydrogen) atoms. The Kier molecular flexibility index (Phi) is 7.29. The smallest absolute Gasteiger partial charge is 0.272 e. The van der Waals surface area contributed by atoms with E-state index >= 15 is 0 Å². The second kappa shape index (κ2) is 9.04. The molecule has 0 saturated carbocycles. The van der Waals surface area contributed by atoms with Crippen LogP contribution in [0.25, 0.3) is 0 Å². The molecule has 1 saturated heterocycles. The van der Waals surface area contributed by atoms with Crippen LogP contribution in [0.15, 0.2) is 24.4 Å². The van der Waals surface area contributed by atoms with Crippen LogP contribution in [0.1, 0.15) is 47.9 Å². The molecule has 2 unspecified atom stereocenters. The highest BCUT2D eigenvalue weighted by atomic mass is 35.5. The van der Waals surface area contributed by atoms with E-state index in [1.165, 1.54) is 12.1 Å². The van der Waals surface area contributed by atoms with Gasteiger partial charge in [-0.3, -0.25) is 9.48 Å². The van der Waals surface area contributed by atoms with Crippen molar-refractivity contribution in [1.82, 2.24) is 20.4 Å². The van der Waals surface area contributed by atoms with Crippen molar-refractivity contribution in [3.63, 3.8) is 0 Å². The van der Waals surface area contributed by atoms with Gasteiger partial charge in [0.1, 0.15) is 11.5 Å². The van der Waals surface area contributed by atoms with Crippen LogP contribution in [-0.2, 0) is 0 Å². The minimum Gasteiger partial charge on any atom is -0.344 e. The maximum atomic E-state index is 13.7. The van der Waals surface area contributed by atoms with Crippen molar-refractivity contribution in [1.29, 1.82) is 0 Å². The zero-order valence-electron chi connectivity index (χ0n) is 14.1. The van der Waals surface area contributed by atoms with Gasteiger partial charge in [-0.1, -0.05) is 23.2 Å². The molecule has 1 aromatic heterocycles. The summed E-state index contributed by atoms with van der Waals surface area (Å²) in [6.07, 6.45) is 3.93. The minimum absolute atomic E-state index is 0. The van der Waals surface area contributed by atoms with Crippen molar-refractivity contribution in [2.45, 2.75) is 31.8 Å². The van der Waals surface area contributed by atoms with Gasteiger partial charge in [0, 0.05) is 17.8 Å². The molecule has 2 N–H and O–H groups in total. The molecule has 1 aliphatic heterocycles. The molecule has 1 aromatic carbocycles. The van der Waals surface area contributed by atoms with E-state index in [2.05, 4.69) is 15.7 Å². The Labute approximate surface area is 167 Å². The lowest BCUT2D eigenvalue weighted by Gasteiger charge is -2.23. The molecule has 1 aliphatic rings. The first kappa shape index (κ1) is 21.0. The third kappa shape index (κ3) is 4.68. The lowest BCUT2D eigenvalue weighted by molar-refractivity contribution is 0.0933. The molecule has 1 amide bonds. The van der Waals surface area contributed by atoms with Crippen molar-refractivity contribution in [2.24, 2.45) is 0 Å². The highest BCUT2D eigenvalue weighted by molar-refractivity contribution is 6.35. The summed E-state index contributed by atoms with van der Waals surface area (Å²) < 4.78 is 15.5. The predicted octanol–water partition coefficient (Wildman–Crippen LogP) is 4.17. The standard InChI is InChI=1S/C17H19Cl2FN4O.ClH/c1-10(12-7-15(20)14(19)8-13(12)18)22-17(25)16-4-6-24(23-16)11-3-2-5-21-9-11;/h4,6-8,10-11,21H,2-3,5,9H2,1H3,(H,22,25);1H. The number of carbonyl (C=O) groups is 1. The molecule has 5 nitrogen and oxygen atoms in total. The lowest BCUT2D eigenvalue weighted by Crippen LogP contribution is -2.32. The Hall–Kier alpha value is -1.34. The van der Waals surface area contributed by atoms with Gasteiger partial charge in [-0.25, -0.2) is 4.39 Å². The van der Waals surface area contributed by atoms with Crippen LogP contribution < -0.4 is 10.6 Å². The van der Waals surface area contributed by atoms with Gasteiger partial charge in [-0.2, -0.15) is 5.10 Å². The number of nitrogens with one attached hydrogen (secondary N) is 2. The summed E-state index contributed by atoms with van der Waals surface area (Å²) in [6, 6.07) is 4.03. The van der Waals surface area contributed by atoms with Gasteiger partial charge in [0.15, 0.2) is 0 Å². The molecule has 0 spiro atoms. The normalized spacial score (nSPS) is 18.1. The van der Waals surface area contributed by atoms with Crippen LogP contribution >= 0.6 is 35.6 Å². The van der Waals surface area contributed by atoms with E-state index in [0.717, 1.165) is 25.9 Å². The predicted molar refractivity (Wildman–Crippen MR) is 103 cm³/mol. The Balaban J connectivity index is 0.00000243. The molecule has 2 atom stereocenters. The summed E-state index contributed by atoms with van der Waals surface area (Å²) in [7, 11) is 0. The van der Waals surface area contributed by atoms with Crippen molar-refractivity contribution in [2.75, 3.05) is 13.1 Å². The first-order valence-corrected chi connectivity index (χ1v) is 8.92. The molecule has 2 heterocycles. The van der Waals surface area contributed by atoms with Crippen LogP contribution in [0.5, 0.6) is 0 Å². The number of benzene rings is 1. The number of aromatic nitrogens is 2. The number of halogens is 4. The van der Waals surface area contributed by atoms with E-state index in [9.17, 15) is 9.18 Å². The van der Waals surface area contributed by atoms with Gasteiger partial charge >= 0.3 is 0 Å². The van der Waals surface area contributed by atoms with Crippen LogP contribution in [0.2, 0.25) is 10.0 Å². The highest BCUT2D eigenvalue weighted by Gasteiger charge is 2.20. The summed E-state index contributed by atoms with van der Waals surface area (Å²) in [5.74, 6) is -0.905. The number of piperidine rings is 1. The first-order chi connectivity index (χ1) is 12.0. The maximum absolute atomic E-state index is 13.7. The second-order valence-corrected chi connectivity index (χ2v) is 6.98. The van der Waals surface area contributed by atoms with Crippen molar-refractivity contribution in [3.8, 4) is 0 Å². The summed E-state index contributed by atoms with van der Waals surface area (Å²) in [5, 5.41) is 10.7. The van der Waals surface area contributed by atoms with Gasteiger partial charge in [0.25, 0.3) is 5.91 Å². The topological polar surface area (TPSA) is 59.0 Å². The highest BCUT2D eigenvalue weighted by Crippen LogP contribution is 2.28. The monoisotopic (exact) mass is 420 g/mol. The van der Waals surface area contributed by atoms with Gasteiger partial charge in [0.05, 0.1) is 17.1 Å². The average Bonchev–Trinajstić information content (AvgIpc) is 3.09. The van der Waals surface area contributed by atoms with E-state index in [1.54, 1.807) is 13.0 Å². The fourth-order valence-corrected chi connectivity index (χ4v) is 3.49. The second-order valence-electron chi connectivity index (χ2n) is 6.16. The quantitative estimate of drug-likeness (QED) is 0.729. The van der Waals surface area contributed by atoms with Crippen molar-refractivity contribution < 1.29 is 9.18 Å². The van der Waals surface area contributed by atoms with Gasteiger partial charge in [-0.05, 0) is 50.1 Å². The molecule has 2 aromatic rings. The van der Waals surface area contributed by atoms with E-state index in [-0.39, 0.29) is 29.4 Å². The molecule has 1 fully saturated rings. The first-order valence-electron chi connectivity index (χ1n) is 8.17. The Morgan fingerprint density at radius 1 is 1.42 bits per heavy atom. The number of hydrogen-bond donors (Lipinski definition) is 2. The van der Waals surface area contributed by atoms with Gasteiger partial charge < -0.3 is 10.6 Å². The molecule has 0 aliphatic carbocycles. The van der Waals surface area contributed by atoms with Crippen LogP contribution in [0, 0.1) is 5.82 Å². The van der Waals surface area contributed by atoms with E-state index in [0.29, 0.717) is 16.3 Å². The third-order valence-electron chi connectivity index (χ3n) is 4.34. The van der Waals surface area contributed by atoms with Gasteiger partial charge in [0.2, 0.25) is 0 Å². The van der Waals surface area contributed by atoms with Crippen LogP contribution in [0.3, 0.4) is 0 Å². The van der Waals surface area contributed by atoms with Crippen LogP contribution in [0.4, 0.5) is 4.39 Å². The third-order valence-corrected chi connectivity index (χ3v) is 4.96. The Morgan fingerprint density at radius 3 is 2.88 bits per heavy atom. The molecular weight excluding hydrogens is 402 g/mol. The van der Waals surface area contributed by atoms with Gasteiger partial charge in [-0.15, -0.1) is 12.4 Å². The van der Waals surface area contributed by atoms with E-state index < -0.39 is 11.9 Å². The largest absolute Gasteiger partial charge is 0.344 e. The summed E-state index contributed by atoms with van der Waals surface area (Å²) in [4.78, 5) is 12.4. The number of nitrogens with zero attached hydrogens (tertiary/aromatic N) is 2. The van der Waals surface area contributed by atoms with Crippen molar-refractivity contribution >= 4 is 41.5 Å². The number of rotatable bonds is 4. The molecule has 0 bridgehead atoms. The summed E-state index contributed by atoms with van der Waals surface area (Å²) in [5.41, 5.74) is 0.788. The lowest BCUT2D eigenvalue weighted by atomic mass is 10.1. The molecule has 9 heteroatoms. The zero-order chi connectivity index (χ0) is 18.0. The number of carbonyl (C=O) groups excluding carboxylic acids is 1. The maximum Gasteiger partial charge on any atom is 0.272 e. The van der Waals surface area contributed by atoms with Crippen LogP contribution in [-0.4, -0.2) is 28.8 Å². The van der Waals surface area contributed by atoms with Crippen molar-refractivity contribution in [3.05, 3.63) is 51.5 Å². The van der Waals surface area contributed by atoms with E-state index in [4.69, 9.17) is 23.2 Å². The fraction of sp³-hybridized carbons (Fsp3) is 0.412. The fourth-order valence-electron chi connectivity index (χ4n) is 2.94. The average molecular weight is 422 g/mol.